The van der Waals surface area contributed by atoms with Crippen molar-refractivity contribution in [2.75, 3.05) is 0 Å². The van der Waals surface area contributed by atoms with Crippen LogP contribution in [0.1, 0.15) is 48.0 Å². The van der Waals surface area contributed by atoms with Gasteiger partial charge in [0.25, 0.3) is 5.60 Å². The molecule has 0 saturated carbocycles. The molecule has 0 radical (unpaired) electrons. The number of allylic oxidation sites excluding steroid dienone is 2. The number of hydrogen-bond acceptors (Lipinski definition) is 1. The summed E-state index contributed by atoms with van der Waals surface area (Å²) >= 11 is 0. The van der Waals surface area contributed by atoms with E-state index in [1.807, 2.05) is 34.6 Å². The van der Waals surface area contributed by atoms with E-state index in [1.165, 1.54) is 6.08 Å². The Morgan fingerprint density at radius 2 is 1.46 bits per heavy atom. The zero-order valence-corrected chi connectivity index (χ0v) is 16.0. The van der Waals surface area contributed by atoms with Gasteiger partial charge in [0.15, 0.2) is 0 Å². The molecule has 7 heteroatoms. The molecule has 0 aliphatic heterocycles. The minimum atomic E-state index is -5.85. The minimum absolute atomic E-state index is 0.0227. The van der Waals surface area contributed by atoms with Crippen LogP contribution in [-0.4, -0.2) is 23.1 Å². The Morgan fingerprint density at radius 3 is 1.77 bits per heavy atom. The molecule has 0 saturated heterocycles. The first-order valence-electron chi connectivity index (χ1n) is 8.68. The molecule has 0 bridgehead atoms. The molecule has 1 nitrogen and oxygen atoms in total. The predicted molar refractivity (Wildman–Crippen MR) is 89.3 cm³/mol. The predicted octanol–water partition coefficient (Wildman–Crippen LogP) is 6.30. The lowest BCUT2D eigenvalue weighted by Crippen LogP contribution is -2.58. The fraction of sp³-hybridized carbons (Fsp3) is 0.789. The van der Waals surface area contributed by atoms with E-state index < -0.39 is 29.4 Å². The van der Waals surface area contributed by atoms with Gasteiger partial charge in [0, 0.05) is 0 Å². The number of hydrogen-bond donors (Lipinski definition) is 1. The van der Waals surface area contributed by atoms with Gasteiger partial charge in [0.2, 0.25) is 0 Å². The van der Waals surface area contributed by atoms with Crippen LogP contribution >= 0.6 is 0 Å². The van der Waals surface area contributed by atoms with Gasteiger partial charge in [0.1, 0.15) is 0 Å². The average molecular weight is 386 g/mol. The highest BCUT2D eigenvalue weighted by molar-refractivity contribution is 5.37. The normalized spacial score (nSPS) is 24.0. The Morgan fingerprint density at radius 1 is 1.00 bits per heavy atom. The molecule has 0 aromatic rings. The maximum absolute atomic E-state index is 13.1. The molecule has 0 aromatic heterocycles. The van der Waals surface area contributed by atoms with Gasteiger partial charge >= 0.3 is 12.4 Å². The highest BCUT2D eigenvalue weighted by atomic mass is 19.4. The zero-order chi connectivity index (χ0) is 20.7. The van der Waals surface area contributed by atoms with Crippen molar-refractivity contribution in [1.29, 1.82) is 0 Å². The number of halogens is 6. The Labute approximate surface area is 151 Å². The lowest BCUT2D eigenvalue weighted by atomic mass is 9.67. The summed E-state index contributed by atoms with van der Waals surface area (Å²) in [5.74, 6) is -0.432. The van der Waals surface area contributed by atoms with Crippen LogP contribution in [0.25, 0.3) is 0 Å². The Bertz CT molecular complexity index is 534. The molecule has 152 valence electrons. The van der Waals surface area contributed by atoms with Crippen molar-refractivity contribution in [2.45, 2.75) is 65.9 Å². The molecule has 3 unspecified atom stereocenters. The van der Waals surface area contributed by atoms with Gasteiger partial charge in [-0.3, -0.25) is 0 Å². The van der Waals surface area contributed by atoms with Crippen LogP contribution < -0.4 is 0 Å². The van der Waals surface area contributed by atoms with Crippen molar-refractivity contribution in [3.63, 3.8) is 0 Å². The molecule has 0 amide bonds. The van der Waals surface area contributed by atoms with Crippen molar-refractivity contribution >= 4 is 0 Å². The van der Waals surface area contributed by atoms with Gasteiger partial charge in [-0.2, -0.15) is 26.3 Å². The molecule has 1 aliphatic rings. The third-order valence-corrected chi connectivity index (χ3v) is 4.98. The maximum atomic E-state index is 13.1. The minimum Gasteiger partial charge on any atom is -0.370 e. The van der Waals surface area contributed by atoms with Gasteiger partial charge in [-0.15, -0.1) is 0 Å². The zero-order valence-electron chi connectivity index (χ0n) is 16.0. The lowest BCUT2D eigenvalue weighted by Gasteiger charge is -2.40. The molecule has 0 heterocycles. The van der Waals surface area contributed by atoms with Crippen LogP contribution in [0.2, 0.25) is 0 Å². The number of aliphatic hydroxyl groups is 1. The monoisotopic (exact) mass is 386 g/mol. The molecule has 3 atom stereocenters. The quantitative estimate of drug-likeness (QED) is 0.562. The second-order valence-corrected chi connectivity index (χ2v) is 8.80. The van der Waals surface area contributed by atoms with Crippen molar-refractivity contribution in [3.8, 4) is 0 Å². The molecule has 0 fully saturated rings. The summed E-state index contributed by atoms with van der Waals surface area (Å²) in [6.07, 6.45) is -7.80. The van der Waals surface area contributed by atoms with Crippen LogP contribution in [0.3, 0.4) is 0 Å². The van der Waals surface area contributed by atoms with Crippen LogP contribution in [0, 0.1) is 29.1 Å². The smallest absolute Gasteiger partial charge is 0.370 e. The van der Waals surface area contributed by atoms with Gasteiger partial charge in [-0.05, 0) is 41.1 Å². The molecule has 26 heavy (non-hydrogen) atoms. The summed E-state index contributed by atoms with van der Waals surface area (Å²) < 4.78 is 78.4. The van der Waals surface area contributed by atoms with E-state index >= 15 is 0 Å². The van der Waals surface area contributed by atoms with Gasteiger partial charge in [-0.25, -0.2) is 0 Å². The van der Waals surface area contributed by atoms with Crippen molar-refractivity contribution in [1.82, 2.24) is 0 Å². The Kier molecular flexibility index (Phi) is 6.39. The van der Waals surface area contributed by atoms with E-state index in [0.29, 0.717) is 0 Å². The largest absolute Gasteiger partial charge is 0.430 e. The molecule has 1 rings (SSSR count). The second kappa shape index (κ2) is 7.21. The summed E-state index contributed by atoms with van der Waals surface area (Å²) in [7, 11) is 0. The fourth-order valence-electron chi connectivity index (χ4n) is 3.63. The summed E-state index contributed by atoms with van der Waals surface area (Å²) in [5, 5.41) is 9.58. The summed E-state index contributed by atoms with van der Waals surface area (Å²) in [6.45, 7) is 11.7. The van der Waals surface area contributed by atoms with E-state index in [-0.39, 0.29) is 23.2 Å². The Balaban J connectivity index is 3.26. The number of rotatable bonds is 4. The van der Waals surface area contributed by atoms with E-state index in [9.17, 15) is 31.4 Å². The standard InChI is InChI=1S/C19H28F6O/c1-11(2)15(10-16(4,5)6)14-8-7-13(9-12(14)3)17(26,18(20,21)22)19(23,24)25/h7-9,11-12,14-15,26H,10H2,1-6H3. The number of alkyl halides is 6. The van der Waals surface area contributed by atoms with Crippen molar-refractivity contribution in [2.24, 2.45) is 29.1 Å². The maximum Gasteiger partial charge on any atom is 0.430 e. The van der Waals surface area contributed by atoms with Crippen LogP contribution in [-0.2, 0) is 0 Å². The molecule has 0 spiro atoms. The van der Waals surface area contributed by atoms with Gasteiger partial charge in [0.05, 0.1) is 0 Å². The third kappa shape index (κ3) is 4.65. The summed E-state index contributed by atoms with van der Waals surface area (Å²) in [6, 6.07) is 0. The van der Waals surface area contributed by atoms with Crippen molar-refractivity contribution < 1.29 is 31.4 Å². The first-order chi connectivity index (χ1) is 11.4. The average Bonchev–Trinajstić information content (AvgIpc) is 2.40. The molecular formula is C19H28F6O. The summed E-state index contributed by atoms with van der Waals surface area (Å²) in [4.78, 5) is 0. The lowest BCUT2D eigenvalue weighted by molar-refractivity contribution is -0.351. The highest BCUT2D eigenvalue weighted by Gasteiger charge is 2.72. The van der Waals surface area contributed by atoms with E-state index in [1.54, 1.807) is 6.92 Å². The fourth-order valence-corrected chi connectivity index (χ4v) is 3.63. The van der Waals surface area contributed by atoms with Crippen LogP contribution in [0.15, 0.2) is 23.8 Å². The molecule has 1 N–H and O–H groups in total. The van der Waals surface area contributed by atoms with E-state index in [4.69, 9.17) is 0 Å². The first kappa shape index (κ1) is 23.1. The SMILES string of the molecule is CC(C)C(CC(C)(C)C)C1C=CC(C(O)(C(F)(F)F)C(F)(F)F)=CC1C. The molecular weight excluding hydrogens is 358 g/mol. The van der Waals surface area contributed by atoms with Crippen LogP contribution in [0.4, 0.5) is 26.3 Å². The van der Waals surface area contributed by atoms with E-state index in [0.717, 1.165) is 18.6 Å². The van der Waals surface area contributed by atoms with Gasteiger partial charge in [-0.1, -0.05) is 59.8 Å². The Hall–Kier alpha value is -0.980. The second-order valence-electron chi connectivity index (χ2n) is 8.80. The highest BCUT2D eigenvalue weighted by Crippen LogP contribution is 2.50. The first-order valence-corrected chi connectivity index (χ1v) is 8.68. The summed E-state index contributed by atoms with van der Waals surface area (Å²) in [5.41, 5.74) is -6.03. The molecule has 1 aliphatic carbocycles. The topological polar surface area (TPSA) is 20.2 Å². The van der Waals surface area contributed by atoms with E-state index in [2.05, 4.69) is 0 Å². The van der Waals surface area contributed by atoms with Crippen LogP contribution in [0.5, 0.6) is 0 Å². The molecule has 0 aromatic carbocycles. The third-order valence-electron chi connectivity index (χ3n) is 4.98. The van der Waals surface area contributed by atoms with Crippen molar-refractivity contribution in [3.05, 3.63) is 23.8 Å². The van der Waals surface area contributed by atoms with Gasteiger partial charge < -0.3 is 5.11 Å².